The molecule has 2 nitrogen and oxygen atoms in total. The molecule has 2 aromatic carbocycles. The smallest absolute Gasteiger partial charge is 0.192 e. The Labute approximate surface area is 189 Å². The van der Waals surface area contributed by atoms with Crippen LogP contribution in [0.15, 0.2) is 66.7 Å². The van der Waals surface area contributed by atoms with Crippen molar-refractivity contribution in [3.63, 3.8) is 0 Å². The topological polar surface area (TPSA) is 18.5 Å². The quantitative estimate of drug-likeness (QED) is 0.353. The first-order chi connectivity index (χ1) is 14.7. The van der Waals surface area contributed by atoms with Crippen molar-refractivity contribution in [3.8, 4) is 0 Å². The minimum atomic E-state index is -1.97. The van der Waals surface area contributed by atoms with Crippen molar-refractivity contribution in [2.45, 2.75) is 82.2 Å². The van der Waals surface area contributed by atoms with Gasteiger partial charge >= 0.3 is 0 Å². The SMILES string of the molecule is CC(C)(C)[Si](C)(C)O[C@@]12CC=CC[C@]1(COCc1ccccc1)c1ccccc1CC2. The van der Waals surface area contributed by atoms with Crippen molar-refractivity contribution in [2.24, 2.45) is 0 Å². The maximum atomic E-state index is 7.41. The first kappa shape index (κ1) is 22.5. The molecule has 2 atom stereocenters. The zero-order valence-electron chi connectivity index (χ0n) is 19.9. The molecule has 2 aliphatic carbocycles. The highest BCUT2D eigenvalue weighted by Gasteiger charge is 2.59. The molecule has 2 aliphatic rings. The lowest BCUT2D eigenvalue weighted by Gasteiger charge is -2.59. The molecule has 0 saturated carbocycles. The first-order valence-corrected chi connectivity index (χ1v) is 14.7. The average Bonchev–Trinajstić information content (AvgIpc) is 2.74. The van der Waals surface area contributed by atoms with E-state index in [-0.39, 0.29) is 16.1 Å². The molecular formula is C28H38O2Si. The van der Waals surface area contributed by atoms with Gasteiger partial charge in [-0.05, 0) is 60.5 Å². The summed E-state index contributed by atoms with van der Waals surface area (Å²) >= 11 is 0. The summed E-state index contributed by atoms with van der Waals surface area (Å²) in [4.78, 5) is 0. The van der Waals surface area contributed by atoms with Crippen LogP contribution in [0.2, 0.25) is 18.1 Å². The average molecular weight is 435 g/mol. The summed E-state index contributed by atoms with van der Waals surface area (Å²) < 4.78 is 13.9. The van der Waals surface area contributed by atoms with E-state index in [1.54, 1.807) is 0 Å². The summed E-state index contributed by atoms with van der Waals surface area (Å²) in [5.74, 6) is 0. The van der Waals surface area contributed by atoms with Gasteiger partial charge in [0.25, 0.3) is 0 Å². The van der Waals surface area contributed by atoms with E-state index in [1.165, 1.54) is 16.7 Å². The Kier molecular flexibility index (Phi) is 6.06. The Bertz CT molecular complexity index is 928. The summed E-state index contributed by atoms with van der Waals surface area (Å²) in [6.07, 6.45) is 8.82. The monoisotopic (exact) mass is 434 g/mol. The van der Waals surface area contributed by atoms with Crippen LogP contribution in [-0.4, -0.2) is 20.5 Å². The van der Waals surface area contributed by atoms with Crippen LogP contribution in [0.4, 0.5) is 0 Å². The van der Waals surface area contributed by atoms with E-state index in [1.807, 2.05) is 0 Å². The molecule has 4 rings (SSSR count). The highest BCUT2D eigenvalue weighted by molar-refractivity contribution is 6.74. The van der Waals surface area contributed by atoms with Crippen molar-refractivity contribution in [3.05, 3.63) is 83.4 Å². The van der Waals surface area contributed by atoms with Crippen LogP contribution in [-0.2, 0) is 27.6 Å². The lowest BCUT2D eigenvalue weighted by atomic mass is 9.56. The van der Waals surface area contributed by atoms with Gasteiger partial charge in [0.1, 0.15) is 0 Å². The number of aryl methyl sites for hydroxylation is 1. The fourth-order valence-corrected chi connectivity index (χ4v) is 6.86. The minimum absolute atomic E-state index is 0.138. The van der Waals surface area contributed by atoms with E-state index in [0.717, 1.165) is 25.7 Å². The largest absolute Gasteiger partial charge is 0.410 e. The third-order valence-corrected chi connectivity index (χ3v) is 12.5. The number of hydrogen-bond donors (Lipinski definition) is 0. The molecule has 0 spiro atoms. The molecule has 0 fully saturated rings. The van der Waals surface area contributed by atoms with Crippen LogP contribution in [0.25, 0.3) is 0 Å². The number of rotatable bonds is 6. The second-order valence-corrected chi connectivity index (χ2v) is 15.7. The van der Waals surface area contributed by atoms with Crippen LogP contribution in [0.1, 0.15) is 56.7 Å². The van der Waals surface area contributed by atoms with Gasteiger partial charge in [-0.25, -0.2) is 0 Å². The van der Waals surface area contributed by atoms with Crippen molar-refractivity contribution in [2.75, 3.05) is 6.61 Å². The molecule has 31 heavy (non-hydrogen) atoms. The van der Waals surface area contributed by atoms with Crippen molar-refractivity contribution in [1.29, 1.82) is 0 Å². The van der Waals surface area contributed by atoms with Gasteiger partial charge < -0.3 is 9.16 Å². The maximum Gasteiger partial charge on any atom is 0.192 e. The van der Waals surface area contributed by atoms with Crippen molar-refractivity contribution >= 4 is 8.32 Å². The van der Waals surface area contributed by atoms with E-state index >= 15 is 0 Å². The third-order valence-electron chi connectivity index (χ3n) is 8.00. The normalized spacial score (nSPS) is 25.7. The summed E-state index contributed by atoms with van der Waals surface area (Å²) in [5, 5.41) is 0.177. The minimum Gasteiger partial charge on any atom is -0.410 e. The van der Waals surface area contributed by atoms with Crippen LogP contribution >= 0.6 is 0 Å². The Balaban J connectivity index is 1.73. The van der Waals surface area contributed by atoms with Crippen molar-refractivity contribution in [1.82, 2.24) is 0 Å². The molecule has 0 radical (unpaired) electrons. The van der Waals surface area contributed by atoms with E-state index in [0.29, 0.717) is 13.2 Å². The Morgan fingerprint density at radius 2 is 1.58 bits per heavy atom. The molecule has 166 valence electrons. The summed E-state index contributed by atoms with van der Waals surface area (Å²) in [5.41, 5.74) is 3.80. The van der Waals surface area contributed by atoms with Gasteiger partial charge in [0.05, 0.1) is 24.2 Å². The van der Waals surface area contributed by atoms with Gasteiger partial charge in [0.2, 0.25) is 0 Å². The number of benzene rings is 2. The number of fused-ring (bicyclic) bond motifs is 3. The van der Waals surface area contributed by atoms with E-state index in [4.69, 9.17) is 9.16 Å². The molecular weight excluding hydrogens is 396 g/mol. The Hall–Kier alpha value is -1.68. The van der Waals surface area contributed by atoms with Gasteiger partial charge in [-0.2, -0.15) is 0 Å². The zero-order valence-corrected chi connectivity index (χ0v) is 20.9. The predicted molar refractivity (Wildman–Crippen MR) is 132 cm³/mol. The fourth-order valence-electron chi connectivity index (χ4n) is 5.20. The molecule has 0 aliphatic heterocycles. The second-order valence-electron chi connectivity index (χ2n) is 11.0. The lowest BCUT2D eigenvalue weighted by Crippen LogP contribution is -2.64. The zero-order chi connectivity index (χ0) is 22.2. The van der Waals surface area contributed by atoms with Crippen LogP contribution in [0.3, 0.4) is 0 Å². The molecule has 2 aromatic rings. The summed E-state index contributed by atoms with van der Waals surface area (Å²) in [6, 6.07) is 19.5. The van der Waals surface area contributed by atoms with E-state index in [9.17, 15) is 0 Å². The van der Waals surface area contributed by atoms with E-state index < -0.39 is 8.32 Å². The molecule has 0 bridgehead atoms. The van der Waals surface area contributed by atoms with E-state index in [2.05, 4.69) is 101 Å². The molecule has 0 heterocycles. The molecule has 0 unspecified atom stereocenters. The summed E-state index contributed by atoms with van der Waals surface area (Å²) in [6.45, 7) is 13.2. The Morgan fingerprint density at radius 1 is 0.903 bits per heavy atom. The molecule has 0 N–H and O–H groups in total. The third kappa shape index (κ3) is 4.08. The van der Waals surface area contributed by atoms with Gasteiger partial charge in [0.15, 0.2) is 8.32 Å². The predicted octanol–water partition coefficient (Wildman–Crippen LogP) is 7.20. The molecule has 0 saturated heterocycles. The second kappa shape index (κ2) is 8.35. The van der Waals surface area contributed by atoms with Gasteiger partial charge in [-0.15, -0.1) is 0 Å². The Morgan fingerprint density at radius 3 is 2.32 bits per heavy atom. The lowest BCUT2D eigenvalue weighted by molar-refractivity contribution is -0.0836. The standard InChI is InChI=1S/C28H38O2Si/c1-26(2,3)31(4,5)30-28-19-12-11-18-27(28,22-29-21-23-13-7-6-8-14-23)25-16-10-9-15-24(25)17-20-28/h6-16H,17-22H2,1-5H3/t27-,28+/m0/s1. The van der Waals surface area contributed by atoms with Crippen molar-refractivity contribution < 1.29 is 9.16 Å². The number of hydrogen-bond acceptors (Lipinski definition) is 2. The number of ether oxygens (including phenoxy) is 1. The molecule has 0 aromatic heterocycles. The summed E-state index contributed by atoms with van der Waals surface area (Å²) in [7, 11) is -1.97. The highest BCUT2D eigenvalue weighted by Crippen LogP contribution is 2.56. The molecule has 0 amide bonds. The van der Waals surface area contributed by atoms with Crippen LogP contribution in [0.5, 0.6) is 0 Å². The van der Waals surface area contributed by atoms with Crippen LogP contribution in [0, 0.1) is 0 Å². The van der Waals surface area contributed by atoms with Gasteiger partial charge in [-0.1, -0.05) is 87.5 Å². The maximum absolute atomic E-state index is 7.41. The molecule has 3 heteroatoms. The highest BCUT2D eigenvalue weighted by atomic mass is 28.4. The fraction of sp³-hybridized carbons (Fsp3) is 0.500. The van der Waals surface area contributed by atoms with Gasteiger partial charge in [0, 0.05) is 0 Å². The van der Waals surface area contributed by atoms with Gasteiger partial charge in [-0.3, -0.25) is 0 Å². The number of allylic oxidation sites excluding steroid dienone is 1. The first-order valence-electron chi connectivity index (χ1n) is 11.7. The van der Waals surface area contributed by atoms with Crippen LogP contribution < -0.4 is 0 Å².